The molecule has 6 N–H and O–H groups in total. The first-order valence-electron chi connectivity index (χ1n) is 13.4. The minimum absolute atomic E-state index is 0.0541. The minimum Gasteiger partial charge on any atom is -0.366 e. The Kier molecular flexibility index (Phi) is 9.94. The number of rotatable bonds is 11. The third-order valence-corrected chi connectivity index (χ3v) is 7.74. The van der Waals surface area contributed by atoms with Gasteiger partial charge in [0, 0.05) is 22.5 Å². The summed E-state index contributed by atoms with van der Waals surface area (Å²) in [5, 5.41) is 21.0. The molecule has 0 atom stereocenters. The third-order valence-electron chi connectivity index (χ3n) is 6.63. The summed E-state index contributed by atoms with van der Waals surface area (Å²) in [4.78, 5) is 31.3. The van der Waals surface area contributed by atoms with Crippen LogP contribution in [0.15, 0.2) is 54.6 Å². The van der Waals surface area contributed by atoms with Crippen molar-refractivity contribution < 1.29 is 28.0 Å². The molecule has 2 heterocycles. The van der Waals surface area contributed by atoms with Crippen LogP contribution in [0.3, 0.4) is 0 Å². The van der Waals surface area contributed by atoms with E-state index in [1.54, 1.807) is 18.2 Å². The van der Waals surface area contributed by atoms with Crippen LogP contribution in [0, 0.1) is 28.8 Å². The Morgan fingerprint density at radius 3 is 2.28 bits per heavy atom. The molecule has 0 spiro atoms. The van der Waals surface area contributed by atoms with Crippen LogP contribution < -0.4 is 16.5 Å². The lowest BCUT2D eigenvalue weighted by molar-refractivity contribution is 0.0953. The highest BCUT2D eigenvalue weighted by molar-refractivity contribution is 7.17. The topological polar surface area (TPSA) is 141 Å². The molecule has 12 heteroatoms. The molecule has 0 aliphatic carbocycles. The van der Waals surface area contributed by atoms with E-state index in [1.165, 1.54) is 24.3 Å². The number of hydroxylamine groups is 1. The number of carbonyl (C=O) groups excluding carboxylic acids is 2. The van der Waals surface area contributed by atoms with Crippen molar-refractivity contribution in [3.05, 3.63) is 111 Å². The molecule has 43 heavy (non-hydrogen) atoms. The molecule has 4 rings (SSSR count). The van der Waals surface area contributed by atoms with Gasteiger partial charge in [-0.1, -0.05) is 32.0 Å². The number of benzene rings is 2. The Morgan fingerprint density at radius 2 is 1.65 bits per heavy atom. The molecule has 2 amide bonds. The van der Waals surface area contributed by atoms with E-state index in [1.807, 2.05) is 19.3 Å². The van der Waals surface area contributed by atoms with Gasteiger partial charge in [-0.25, -0.2) is 13.2 Å². The van der Waals surface area contributed by atoms with Crippen molar-refractivity contribution in [2.45, 2.75) is 39.7 Å². The van der Waals surface area contributed by atoms with Crippen molar-refractivity contribution in [3.63, 3.8) is 0 Å². The summed E-state index contributed by atoms with van der Waals surface area (Å²) < 4.78 is 40.3. The number of carbonyl (C=O) groups is 2. The van der Waals surface area contributed by atoms with Crippen molar-refractivity contribution >= 4 is 29.0 Å². The summed E-state index contributed by atoms with van der Waals surface area (Å²) in [6.45, 7) is 3.85. The van der Waals surface area contributed by atoms with Gasteiger partial charge in [0.2, 0.25) is 0 Å². The molecule has 0 saturated carbocycles. The molecular formula is C31H30F3N5O3S. The van der Waals surface area contributed by atoms with E-state index >= 15 is 0 Å². The van der Waals surface area contributed by atoms with Crippen molar-refractivity contribution in [2.75, 3.05) is 0 Å². The zero-order valence-electron chi connectivity index (χ0n) is 23.4. The van der Waals surface area contributed by atoms with Crippen molar-refractivity contribution in [2.24, 2.45) is 11.7 Å². The first-order chi connectivity index (χ1) is 20.5. The number of pyridine rings is 1. The van der Waals surface area contributed by atoms with Gasteiger partial charge in [-0.2, -0.15) is 0 Å². The predicted octanol–water partition coefficient (Wildman–Crippen LogP) is 5.54. The van der Waals surface area contributed by atoms with E-state index in [0.717, 1.165) is 29.0 Å². The largest absolute Gasteiger partial charge is 0.366 e. The Hall–Kier alpha value is -4.55. The van der Waals surface area contributed by atoms with E-state index in [-0.39, 0.29) is 46.3 Å². The smallest absolute Gasteiger partial charge is 0.261 e. The van der Waals surface area contributed by atoms with Crippen molar-refractivity contribution in [1.82, 2.24) is 15.8 Å². The molecule has 0 saturated heterocycles. The first kappa shape index (κ1) is 31.4. The maximum Gasteiger partial charge on any atom is 0.261 e. The normalized spacial score (nSPS) is 11.0. The maximum absolute atomic E-state index is 13.6. The van der Waals surface area contributed by atoms with E-state index in [9.17, 15) is 28.0 Å². The monoisotopic (exact) mass is 609 g/mol. The SMILES string of the molecule is CC(C)Cc1nc(CCc2ccc(F)cc2)c(C(=N)NO)c(-c2ccc(C(=O)NCc3ccc(F)c(F)c3)s2)c1C(N)=O. The maximum atomic E-state index is 13.6. The zero-order valence-corrected chi connectivity index (χ0v) is 24.2. The number of nitrogens with two attached hydrogens (primary N) is 1. The lowest BCUT2D eigenvalue weighted by Crippen LogP contribution is -2.27. The molecule has 8 nitrogen and oxygen atoms in total. The van der Waals surface area contributed by atoms with Crippen LogP contribution >= 0.6 is 11.3 Å². The summed E-state index contributed by atoms with van der Waals surface area (Å²) in [7, 11) is 0. The highest BCUT2D eigenvalue weighted by Gasteiger charge is 2.28. The lowest BCUT2D eigenvalue weighted by atomic mass is 9.91. The van der Waals surface area contributed by atoms with Crippen LogP contribution in [0.1, 0.15) is 62.0 Å². The summed E-state index contributed by atoms with van der Waals surface area (Å²) in [6, 6.07) is 12.4. The fraction of sp³-hybridized carbons (Fsp3) is 0.226. The number of hydrogen-bond donors (Lipinski definition) is 5. The molecule has 4 aromatic rings. The average molecular weight is 610 g/mol. The fourth-order valence-corrected chi connectivity index (χ4v) is 5.65. The van der Waals surface area contributed by atoms with E-state index in [0.29, 0.717) is 34.7 Å². The number of thiophene rings is 1. The number of nitrogens with zero attached hydrogens (tertiary/aromatic N) is 1. The third kappa shape index (κ3) is 7.46. The quantitative estimate of drug-likeness (QED) is 0.0862. The van der Waals surface area contributed by atoms with E-state index in [2.05, 4.69) is 5.32 Å². The van der Waals surface area contributed by atoms with E-state index in [4.69, 9.17) is 16.1 Å². The lowest BCUT2D eigenvalue weighted by Gasteiger charge is -2.20. The number of halogens is 3. The number of hydrogen-bond acceptors (Lipinski definition) is 6. The van der Waals surface area contributed by atoms with E-state index < -0.39 is 29.3 Å². The van der Waals surface area contributed by atoms with Gasteiger partial charge in [-0.15, -0.1) is 11.3 Å². The molecule has 0 fully saturated rings. The van der Waals surface area contributed by atoms with Crippen molar-refractivity contribution in [1.29, 1.82) is 5.41 Å². The Morgan fingerprint density at radius 1 is 0.953 bits per heavy atom. The van der Waals surface area contributed by atoms with Gasteiger partial charge in [0.15, 0.2) is 17.5 Å². The highest BCUT2D eigenvalue weighted by atomic mass is 32.1. The molecule has 0 radical (unpaired) electrons. The average Bonchev–Trinajstić information content (AvgIpc) is 3.46. The van der Waals surface area contributed by atoms with Gasteiger partial charge in [0.25, 0.3) is 11.8 Å². The Bertz CT molecular complexity index is 1670. The van der Waals surface area contributed by atoms with Gasteiger partial charge >= 0.3 is 0 Å². The van der Waals surface area contributed by atoms with Crippen LogP contribution in [-0.4, -0.2) is 27.8 Å². The number of aryl methyl sites for hydroxylation is 2. The van der Waals surface area contributed by atoms with Gasteiger partial charge in [0.05, 0.1) is 21.8 Å². The second-order valence-electron chi connectivity index (χ2n) is 10.3. The van der Waals surface area contributed by atoms with Gasteiger partial charge in [-0.3, -0.25) is 30.7 Å². The van der Waals surface area contributed by atoms with Crippen LogP contribution in [0.5, 0.6) is 0 Å². The number of primary amides is 1. The zero-order chi connectivity index (χ0) is 31.3. The van der Waals surface area contributed by atoms with Gasteiger partial charge in [0.1, 0.15) is 5.82 Å². The number of amidine groups is 1. The summed E-state index contributed by atoms with van der Waals surface area (Å²) in [6.07, 6.45) is 1.11. The van der Waals surface area contributed by atoms with Crippen LogP contribution in [0.2, 0.25) is 0 Å². The van der Waals surface area contributed by atoms with Crippen LogP contribution in [0.25, 0.3) is 10.4 Å². The fourth-order valence-electron chi connectivity index (χ4n) is 4.67. The van der Waals surface area contributed by atoms with Crippen molar-refractivity contribution in [3.8, 4) is 10.4 Å². The molecule has 2 aromatic carbocycles. The molecular weight excluding hydrogens is 579 g/mol. The molecule has 0 unspecified atom stereocenters. The standard InChI is InChI=1S/C31H30F3N5O3S/c1-16(2)13-23-27(30(36)40)28(26(29(35)39-42)22(38-23)10-6-17-3-7-19(32)8-4-17)24-11-12-25(43-24)31(41)37-15-18-5-9-20(33)21(34)14-18/h3-5,7-9,11-12,14,16,42H,6,10,13,15H2,1-2H3,(H2,35,39)(H2,36,40)(H,37,41). The highest BCUT2D eigenvalue weighted by Crippen LogP contribution is 2.37. The first-order valence-corrected chi connectivity index (χ1v) is 14.2. The second kappa shape index (κ2) is 13.6. The molecule has 0 aliphatic heterocycles. The molecule has 224 valence electrons. The van der Waals surface area contributed by atoms with Crippen LogP contribution in [0.4, 0.5) is 13.2 Å². The Balaban J connectivity index is 1.77. The predicted molar refractivity (Wildman–Crippen MR) is 158 cm³/mol. The Labute approximate surface area is 250 Å². The van der Waals surface area contributed by atoms with Gasteiger partial charge < -0.3 is 11.1 Å². The molecule has 2 aromatic heterocycles. The summed E-state index contributed by atoms with van der Waals surface area (Å²) in [5.41, 5.74) is 10.2. The molecule has 0 aliphatic rings. The molecule has 0 bridgehead atoms. The number of amides is 2. The second-order valence-corrected chi connectivity index (χ2v) is 11.4. The number of aromatic nitrogens is 1. The summed E-state index contributed by atoms with van der Waals surface area (Å²) >= 11 is 1.03. The number of nitrogens with one attached hydrogen (secondary N) is 3. The van der Waals surface area contributed by atoms with Gasteiger partial charge in [-0.05, 0) is 72.7 Å². The minimum atomic E-state index is -1.03. The summed E-state index contributed by atoms with van der Waals surface area (Å²) in [5.74, 6) is -4.00. The van der Waals surface area contributed by atoms with Crippen LogP contribution in [-0.2, 0) is 25.8 Å².